The van der Waals surface area contributed by atoms with Crippen molar-refractivity contribution in [2.45, 2.75) is 11.3 Å². The summed E-state index contributed by atoms with van der Waals surface area (Å²) in [4.78, 5) is 12.1. The van der Waals surface area contributed by atoms with E-state index in [9.17, 15) is 13.2 Å². The number of nitriles is 1. The fraction of sp³-hybridized carbons (Fsp3) is 0.222. The number of hydrogen-bond donors (Lipinski definition) is 2. The Bertz CT molecular complexity index is 860. The molecule has 8 heteroatoms. The van der Waals surface area contributed by atoms with E-state index in [2.05, 4.69) is 10.0 Å². The maximum atomic E-state index is 12.1. The minimum absolute atomic E-state index is 0.0411. The molecule has 0 saturated heterocycles. The third kappa shape index (κ3) is 5.88. The number of sulfonamides is 1. The molecule has 2 N–H and O–H groups in total. The number of nitrogens with one attached hydrogen (secondary N) is 2. The van der Waals surface area contributed by atoms with Gasteiger partial charge in [-0.25, -0.2) is 13.1 Å². The standard InChI is InChI=1S/C18H19N3O4S/c19-11-4-12-21-26(23,24)17-9-7-15(8-10-17)18(22)20-13-14-25-16-5-2-1-3-6-16/h1-3,5-10,21H,4,12-14H2,(H,20,22). The number of nitrogens with zero attached hydrogens (tertiary/aromatic N) is 1. The molecule has 0 saturated carbocycles. The summed E-state index contributed by atoms with van der Waals surface area (Å²) in [6.07, 6.45) is 0.0881. The Labute approximate surface area is 152 Å². The molecular formula is C18H19N3O4S. The molecule has 0 atom stereocenters. The van der Waals surface area contributed by atoms with E-state index in [0.29, 0.717) is 18.7 Å². The number of rotatable bonds is 9. The van der Waals surface area contributed by atoms with Crippen LogP contribution in [0.15, 0.2) is 59.5 Å². The van der Waals surface area contributed by atoms with Gasteiger partial charge >= 0.3 is 0 Å². The van der Waals surface area contributed by atoms with Crippen LogP contribution in [0.1, 0.15) is 16.8 Å². The van der Waals surface area contributed by atoms with Crippen LogP contribution in [0.25, 0.3) is 0 Å². The van der Waals surface area contributed by atoms with Crippen LogP contribution in [0.2, 0.25) is 0 Å². The van der Waals surface area contributed by atoms with E-state index in [0.717, 1.165) is 5.75 Å². The van der Waals surface area contributed by atoms with E-state index in [1.54, 1.807) is 0 Å². The van der Waals surface area contributed by atoms with Crippen molar-refractivity contribution >= 4 is 15.9 Å². The average molecular weight is 373 g/mol. The van der Waals surface area contributed by atoms with Gasteiger partial charge in [-0.2, -0.15) is 5.26 Å². The molecule has 0 fully saturated rings. The number of amides is 1. The highest BCUT2D eigenvalue weighted by Gasteiger charge is 2.14. The normalized spacial score (nSPS) is 10.7. The molecule has 0 aliphatic heterocycles. The lowest BCUT2D eigenvalue weighted by Crippen LogP contribution is -2.28. The number of para-hydroxylation sites is 1. The maximum Gasteiger partial charge on any atom is 0.251 e. The molecule has 2 rings (SSSR count). The van der Waals surface area contributed by atoms with Crippen LogP contribution in [-0.2, 0) is 10.0 Å². The van der Waals surface area contributed by atoms with Crippen molar-refractivity contribution in [3.63, 3.8) is 0 Å². The largest absolute Gasteiger partial charge is 0.492 e. The zero-order chi connectivity index (χ0) is 18.8. The van der Waals surface area contributed by atoms with E-state index in [-0.39, 0.29) is 23.8 Å². The minimum Gasteiger partial charge on any atom is -0.492 e. The Morgan fingerprint density at radius 1 is 1.04 bits per heavy atom. The first-order chi connectivity index (χ1) is 12.5. The van der Waals surface area contributed by atoms with Crippen molar-refractivity contribution in [2.75, 3.05) is 19.7 Å². The predicted octanol–water partition coefficient (Wildman–Crippen LogP) is 1.69. The number of benzene rings is 2. The van der Waals surface area contributed by atoms with Gasteiger partial charge in [0.25, 0.3) is 5.91 Å². The van der Waals surface area contributed by atoms with E-state index in [4.69, 9.17) is 10.00 Å². The first kappa shape index (κ1) is 19.4. The fourth-order valence-corrected chi connectivity index (χ4v) is 3.09. The third-order valence-electron chi connectivity index (χ3n) is 3.36. The highest BCUT2D eigenvalue weighted by Crippen LogP contribution is 2.11. The zero-order valence-corrected chi connectivity index (χ0v) is 14.8. The molecule has 0 aliphatic rings. The van der Waals surface area contributed by atoms with E-state index in [1.165, 1.54) is 24.3 Å². The Kier molecular flexibility index (Phi) is 7.14. The highest BCUT2D eigenvalue weighted by atomic mass is 32.2. The molecule has 2 aromatic rings. The summed E-state index contributed by atoms with van der Waals surface area (Å²) in [5.41, 5.74) is 0.348. The second kappa shape index (κ2) is 9.56. The summed E-state index contributed by atoms with van der Waals surface area (Å²) in [5.74, 6) is 0.406. The third-order valence-corrected chi connectivity index (χ3v) is 4.83. The van der Waals surface area contributed by atoms with Crippen LogP contribution in [-0.4, -0.2) is 34.0 Å². The van der Waals surface area contributed by atoms with Crippen molar-refractivity contribution in [2.24, 2.45) is 0 Å². The van der Waals surface area contributed by atoms with E-state index < -0.39 is 10.0 Å². The molecular weight excluding hydrogens is 354 g/mol. The Balaban J connectivity index is 1.83. The van der Waals surface area contributed by atoms with Gasteiger partial charge in [0.05, 0.1) is 17.5 Å². The Morgan fingerprint density at radius 3 is 2.38 bits per heavy atom. The molecule has 7 nitrogen and oxygen atoms in total. The van der Waals surface area contributed by atoms with Gasteiger partial charge in [-0.05, 0) is 36.4 Å². The number of ether oxygens (including phenoxy) is 1. The predicted molar refractivity (Wildman–Crippen MR) is 96.1 cm³/mol. The average Bonchev–Trinajstić information content (AvgIpc) is 2.66. The van der Waals surface area contributed by atoms with Gasteiger partial charge in [0.2, 0.25) is 10.0 Å². The number of carbonyl (C=O) groups is 1. The smallest absolute Gasteiger partial charge is 0.251 e. The fourth-order valence-electron chi connectivity index (χ4n) is 2.06. The van der Waals surface area contributed by atoms with E-state index in [1.807, 2.05) is 36.4 Å². The van der Waals surface area contributed by atoms with Crippen LogP contribution in [0.4, 0.5) is 0 Å². The molecule has 1 amide bonds. The summed E-state index contributed by atoms with van der Waals surface area (Å²) in [6.45, 7) is 0.691. The van der Waals surface area contributed by atoms with Gasteiger partial charge in [0.15, 0.2) is 0 Å². The van der Waals surface area contributed by atoms with Crippen LogP contribution < -0.4 is 14.8 Å². The van der Waals surface area contributed by atoms with Gasteiger partial charge in [0.1, 0.15) is 12.4 Å². The molecule has 0 aliphatic carbocycles. The Morgan fingerprint density at radius 2 is 1.73 bits per heavy atom. The molecule has 0 spiro atoms. The SMILES string of the molecule is N#CCCNS(=O)(=O)c1ccc(C(=O)NCCOc2ccccc2)cc1. The van der Waals surface area contributed by atoms with Gasteiger partial charge < -0.3 is 10.1 Å². The monoisotopic (exact) mass is 373 g/mol. The molecule has 0 unspecified atom stereocenters. The first-order valence-corrected chi connectivity index (χ1v) is 9.44. The summed E-state index contributed by atoms with van der Waals surface area (Å²) >= 11 is 0. The van der Waals surface area contributed by atoms with Crippen molar-refractivity contribution in [3.8, 4) is 11.8 Å². The molecule has 0 heterocycles. The summed E-state index contributed by atoms with van der Waals surface area (Å²) < 4.78 is 31.8. The van der Waals surface area contributed by atoms with Crippen LogP contribution >= 0.6 is 0 Å². The van der Waals surface area contributed by atoms with Crippen molar-refractivity contribution < 1.29 is 17.9 Å². The molecule has 0 bridgehead atoms. The maximum absolute atomic E-state index is 12.1. The van der Waals surface area contributed by atoms with Crippen molar-refractivity contribution in [1.82, 2.24) is 10.0 Å². The lowest BCUT2D eigenvalue weighted by Gasteiger charge is -2.09. The topological polar surface area (TPSA) is 108 Å². The number of hydrogen-bond acceptors (Lipinski definition) is 5. The lowest BCUT2D eigenvalue weighted by atomic mass is 10.2. The van der Waals surface area contributed by atoms with Crippen LogP contribution in [0.5, 0.6) is 5.75 Å². The summed E-state index contributed by atoms with van der Waals surface area (Å²) in [6, 6.07) is 16.7. The molecule has 26 heavy (non-hydrogen) atoms. The first-order valence-electron chi connectivity index (χ1n) is 7.95. The van der Waals surface area contributed by atoms with Crippen LogP contribution in [0, 0.1) is 11.3 Å². The van der Waals surface area contributed by atoms with Gasteiger partial charge in [-0.1, -0.05) is 18.2 Å². The zero-order valence-electron chi connectivity index (χ0n) is 14.0. The second-order valence-electron chi connectivity index (χ2n) is 5.25. The van der Waals surface area contributed by atoms with Crippen molar-refractivity contribution in [3.05, 3.63) is 60.2 Å². The number of carbonyl (C=O) groups excluding carboxylic acids is 1. The molecule has 0 aromatic heterocycles. The van der Waals surface area contributed by atoms with Crippen molar-refractivity contribution in [1.29, 1.82) is 5.26 Å². The second-order valence-corrected chi connectivity index (χ2v) is 7.01. The summed E-state index contributed by atoms with van der Waals surface area (Å²) in [5, 5.41) is 11.2. The quantitative estimate of drug-likeness (QED) is 0.650. The highest BCUT2D eigenvalue weighted by molar-refractivity contribution is 7.89. The van der Waals surface area contributed by atoms with Gasteiger partial charge in [-0.15, -0.1) is 0 Å². The summed E-state index contributed by atoms with van der Waals surface area (Å²) in [7, 11) is -3.68. The molecule has 136 valence electrons. The Hall–Kier alpha value is -2.89. The van der Waals surface area contributed by atoms with Gasteiger partial charge in [0, 0.05) is 18.5 Å². The lowest BCUT2D eigenvalue weighted by molar-refractivity contribution is 0.0947. The molecule has 0 radical (unpaired) electrons. The van der Waals surface area contributed by atoms with Gasteiger partial charge in [-0.3, -0.25) is 4.79 Å². The minimum atomic E-state index is -3.68. The molecule has 2 aromatic carbocycles. The van der Waals surface area contributed by atoms with E-state index >= 15 is 0 Å². The van der Waals surface area contributed by atoms with Crippen LogP contribution in [0.3, 0.4) is 0 Å².